The van der Waals surface area contributed by atoms with Gasteiger partial charge in [-0.1, -0.05) is 0 Å². The van der Waals surface area contributed by atoms with Crippen LogP contribution in [-0.4, -0.2) is 81.3 Å². The molecular weight excluding hydrogens is 532 g/mol. The lowest BCUT2D eigenvalue weighted by Crippen LogP contribution is -2.36. The van der Waals surface area contributed by atoms with E-state index in [1.807, 2.05) is 27.7 Å². The van der Waals surface area contributed by atoms with E-state index in [-0.39, 0.29) is 54.5 Å². The fourth-order valence-electron chi connectivity index (χ4n) is 3.94. The van der Waals surface area contributed by atoms with Gasteiger partial charge in [0.05, 0.1) is 56.0 Å². The van der Waals surface area contributed by atoms with Crippen molar-refractivity contribution in [1.29, 1.82) is 5.26 Å². The number of nitro benzene ring substituents is 1. The molecule has 1 heterocycles. The number of carbonyl (C=O) groups excluding carboxylic acids is 1. The Kier molecular flexibility index (Phi) is 13.2. The summed E-state index contributed by atoms with van der Waals surface area (Å²) in [5.41, 5.74) is -0.207. The molecule has 0 saturated carbocycles. The van der Waals surface area contributed by atoms with Crippen LogP contribution >= 0.6 is 8.53 Å². The Balaban J connectivity index is 2.04. The van der Waals surface area contributed by atoms with Gasteiger partial charge in [-0.3, -0.25) is 10.1 Å². The zero-order valence-corrected chi connectivity index (χ0v) is 23.9. The van der Waals surface area contributed by atoms with E-state index >= 15 is 0 Å². The second-order valence-electron chi connectivity index (χ2n) is 9.08. The minimum atomic E-state index is -1.56. The van der Waals surface area contributed by atoms with Crippen molar-refractivity contribution in [3.8, 4) is 17.6 Å². The van der Waals surface area contributed by atoms with Crippen molar-refractivity contribution in [1.82, 2.24) is 4.67 Å². The number of ether oxygens (including phenoxy) is 5. The van der Waals surface area contributed by atoms with Gasteiger partial charge < -0.3 is 32.7 Å². The molecule has 0 spiro atoms. The van der Waals surface area contributed by atoms with Gasteiger partial charge in [0, 0.05) is 18.1 Å². The van der Waals surface area contributed by atoms with Gasteiger partial charge in [0.15, 0.2) is 11.5 Å². The normalized spacial score (nSPS) is 19.6. The van der Waals surface area contributed by atoms with Crippen molar-refractivity contribution in [2.24, 2.45) is 0 Å². The summed E-state index contributed by atoms with van der Waals surface area (Å²) in [6, 6.07) is 4.15. The van der Waals surface area contributed by atoms with E-state index in [9.17, 15) is 14.9 Å². The lowest BCUT2D eigenvalue weighted by molar-refractivity contribution is -0.385. The van der Waals surface area contributed by atoms with E-state index in [1.54, 1.807) is 0 Å². The minimum absolute atomic E-state index is 0.0950. The van der Waals surface area contributed by atoms with E-state index in [0.29, 0.717) is 6.42 Å². The summed E-state index contributed by atoms with van der Waals surface area (Å²) in [5.74, 6) is 0.412. The summed E-state index contributed by atoms with van der Waals surface area (Å²) in [7, 11) is 7.17. The molecule has 1 aromatic carbocycles. The zero-order chi connectivity index (χ0) is 29.1. The number of rotatable bonds is 15. The number of benzene rings is 1. The van der Waals surface area contributed by atoms with Crippen LogP contribution in [-0.2, 0) is 29.9 Å². The van der Waals surface area contributed by atoms with Crippen LogP contribution < -0.4 is 9.47 Å². The predicted molar refractivity (Wildman–Crippen MR) is 141 cm³/mol. The van der Waals surface area contributed by atoms with Crippen molar-refractivity contribution in [2.45, 2.75) is 77.4 Å². The van der Waals surface area contributed by atoms with Crippen LogP contribution in [0.25, 0.3) is 0 Å². The maximum Gasteiger partial charge on any atom is 0.508 e. The van der Waals surface area contributed by atoms with Crippen LogP contribution in [0.2, 0.25) is 0 Å². The Labute approximate surface area is 231 Å². The molecule has 214 valence electrons. The predicted octanol–water partition coefficient (Wildman–Crippen LogP) is 4.21. The monoisotopic (exact) mass is 567 g/mol. The van der Waals surface area contributed by atoms with Crippen molar-refractivity contribution >= 4 is 28.2 Å². The van der Waals surface area contributed by atoms with Crippen molar-refractivity contribution in [2.75, 3.05) is 27.4 Å². The second-order valence-corrected chi connectivity index (χ2v) is 10.5. The minimum Gasteiger partial charge on any atom is -0.493 e. The average Bonchev–Trinajstić information content (AvgIpc) is 3.23. The number of hydrogen-bond donors (Lipinski definition) is 0. The summed E-state index contributed by atoms with van der Waals surface area (Å²) >= 11 is 0. The molecule has 0 N–H and O–H groups in total. The van der Waals surface area contributed by atoms with E-state index in [0.717, 1.165) is 0 Å². The summed E-state index contributed by atoms with van der Waals surface area (Å²) in [5, 5.41) is 20.4. The van der Waals surface area contributed by atoms with Crippen LogP contribution in [0.3, 0.4) is 0 Å². The smallest absolute Gasteiger partial charge is 0.493 e. The Hall–Kier alpha value is -2.69. The van der Waals surface area contributed by atoms with E-state index in [2.05, 4.69) is 10.7 Å². The highest BCUT2D eigenvalue weighted by molar-refractivity contribution is 7.44. The van der Waals surface area contributed by atoms with Gasteiger partial charge in [0.2, 0.25) is 0 Å². The van der Waals surface area contributed by atoms with Gasteiger partial charge in [-0.25, -0.2) is 9.46 Å². The lowest BCUT2D eigenvalue weighted by Gasteiger charge is -2.37. The maximum atomic E-state index is 12.3. The molecule has 2 radical (unpaired) electrons. The first-order valence-corrected chi connectivity index (χ1v) is 13.5. The van der Waals surface area contributed by atoms with Crippen LogP contribution in [0.15, 0.2) is 12.1 Å². The molecule has 1 aromatic rings. The quantitative estimate of drug-likeness (QED) is 0.0745. The van der Waals surface area contributed by atoms with Gasteiger partial charge in [0.25, 0.3) is 14.2 Å². The van der Waals surface area contributed by atoms with Crippen LogP contribution in [0.4, 0.5) is 10.5 Å². The maximum absolute atomic E-state index is 12.3. The fourth-order valence-corrected chi connectivity index (χ4v) is 5.70. The first-order valence-electron chi connectivity index (χ1n) is 12.4. The standard InChI is InChI=1S/C24H35BN3O10P/c1-15(2)27(16(3)4)39(36-9-7-8-26)38-21-12-23(25)37-22(21)14-35-24(29)34-13-17-10-19(32-5)20(33-6)11-18(17)28(30)31/h10-11,15-16,21-23H,7,9,12-14H2,1-6H3/t21?,22-,23-,39?/m1/s1. The molecule has 4 atom stereocenters. The first-order chi connectivity index (χ1) is 18.5. The molecule has 1 fully saturated rings. The van der Waals surface area contributed by atoms with Gasteiger partial charge in [-0.05, 0) is 40.2 Å². The Morgan fingerprint density at radius 3 is 2.44 bits per heavy atom. The van der Waals surface area contributed by atoms with E-state index in [4.69, 9.17) is 45.8 Å². The highest BCUT2D eigenvalue weighted by Crippen LogP contribution is 2.49. The number of hydrogen-bond acceptors (Lipinski definition) is 12. The molecule has 39 heavy (non-hydrogen) atoms. The third kappa shape index (κ3) is 9.48. The molecule has 0 bridgehead atoms. The molecule has 1 aliphatic rings. The van der Waals surface area contributed by atoms with Crippen LogP contribution in [0.5, 0.6) is 11.5 Å². The molecule has 1 aliphatic heterocycles. The summed E-state index contributed by atoms with van der Waals surface area (Å²) < 4.78 is 40.6. The molecule has 0 amide bonds. The molecule has 2 unspecified atom stereocenters. The molecule has 0 aromatic heterocycles. The number of nitriles is 1. The number of nitrogens with zero attached hydrogens (tertiary/aromatic N) is 3. The average molecular weight is 567 g/mol. The topological polar surface area (TPSA) is 152 Å². The molecule has 2 rings (SSSR count). The Morgan fingerprint density at radius 1 is 1.23 bits per heavy atom. The molecule has 13 nitrogen and oxygen atoms in total. The zero-order valence-electron chi connectivity index (χ0n) is 23.0. The Morgan fingerprint density at radius 2 is 1.87 bits per heavy atom. The lowest BCUT2D eigenvalue weighted by atomic mass is 9.96. The number of nitro groups is 1. The highest BCUT2D eigenvalue weighted by Gasteiger charge is 2.39. The van der Waals surface area contributed by atoms with Gasteiger partial charge >= 0.3 is 6.16 Å². The second kappa shape index (κ2) is 15.8. The van der Waals surface area contributed by atoms with Gasteiger partial charge in [-0.2, -0.15) is 5.26 Å². The van der Waals surface area contributed by atoms with Crippen molar-refractivity contribution in [3.63, 3.8) is 0 Å². The van der Waals surface area contributed by atoms with Crippen LogP contribution in [0, 0.1) is 21.4 Å². The van der Waals surface area contributed by atoms with E-state index in [1.165, 1.54) is 26.4 Å². The first kappa shape index (κ1) is 32.5. The number of carbonyl (C=O) groups is 1. The highest BCUT2D eigenvalue weighted by atomic mass is 31.2. The Bertz CT molecular complexity index is 1000. The summed E-state index contributed by atoms with van der Waals surface area (Å²) in [4.78, 5) is 23.2. The number of methoxy groups -OCH3 is 2. The van der Waals surface area contributed by atoms with Crippen molar-refractivity contribution in [3.05, 3.63) is 27.8 Å². The molecule has 1 saturated heterocycles. The summed E-state index contributed by atoms with van der Waals surface area (Å²) in [6.45, 7) is 7.61. The third-order valence-corrected chi connectivity index (χ3v) is 7.76. The van der Waals surface area contributed by atoms with Crippen LogP contribution in [0.1, 0.15) is 46.1 Å². The largest absolute Gasteiger partial charge is 0.508 e. The summed E-state index contributed by atoms with van der Waals surface area (Å²) in [6.07, 6.45) is -1.75. The third-order valence-electron chi connectivity index (χ3n) is 5.61. The molecular formula is C24H35BN3O10P. The molecule has 0 aliphatic carbocycles. The van der Waals surface area contributed by atoms with Crippen molar-refractivity contribution < 1.29 is 42.4 Å². The molecule has 15 heteroatoms. The van der Waals surface area contributed by atoms with Gasteiger partial charge in [-0.15, -0.1) is 0 Å². The van der Waals surface area contributed by atoms with Gasteiger partial charge in [0.1, 0.15) is 27.2 Å². The SMILES string of the molecule is [B][C@H]1CC(OP(OCCC#N)N(C(C)C)C(C)C)[C@@H](COC(=O)OCc2cc(OC)c(OC)cc2[N+](=O)[O-])O1. The van der Waals surface area contributed by atoms with E-state index < -0.39 is 44.4 Å². The fraction of sp³-hybridized carbons (Fsp3) is 0.667.